The number of hydrogen-bond donors (Lipinski definition) is 2. The monoisotopic (exact) mass is 299 g/mol. The molecule has 0 saturated carbocycles. The van der Waals surface area contributed by atoms with Crippen molar-refractivity contribution in [1.82, 2.24) is 29.9 Å². The summed E-state index contributed by atoms with van der Waals surface area (Å²) in [6.45, 7) is 0.937. The number of nitrogens with one attached hydrogen (secondary N) is 2. The van der Waals surface area contributed by atoms with Crippen LogP contribution in [0.15, 0.2) is 36.9 Å². The second-order valence-electron chi connectivity index (χ2n) is 5.15. The van der Waals surface area contributed by atoms with Crippen LogP contribution in [0.2, 0.25) is 0 Å². The Bertz CT molecular complexity index is 802. The molecule has 0 aliphatic carbocycles. The van der Waals surface area contributed by atoms with E-state index >= 15 is 0 Å². The minimum Gasteiger partial charge on any atom is -0.362 e. The highest BCUT2D eigenvalue weighted by atomic mass is 19.1. The van der Waals surface area contributed by atoms with Gasteiger partial charge >= 0.3 is 0 Å². The predicted molar refractivity (Wildman–Crippen MR) is 79.2 cm³/mol. The minimum atomic E-state index is -0.928. The van der Waals surface area contributed by atoms with Gasteiger partial charge in [0.05, 0.1) is 24.6 Å². The lowest BCUT2D eigenvalue weighted by molar-refractivity contribution is 0.342. The number of halogens is 1. The molecule has 0 amide bonds. The zero-order valence-electron chi connectivity index (χ0n) is 11.6. The normalized spacial score (nSPS) is 21.3. The van der Waals surface area contributed by atoms with Gasteiger partial charge in [-0.15, -0.1) is 0 Å². The molecule has 8 heteroatoms. The van der Waals surface area contributed by atoms with Gasteiger partial charge in [-0.1, -0.05) is 0 Å². The van der Waals surface area contributed by atoms with E-state index in [1.54, 1.807) is 29.3 Å². The first kappa shape index (κ1) is 13.1. The van der Waals surface area contributed by atoms with E-state index < -0.39 is 6.17 Å². The third-order valence-corrected chi connectivity index (χ3v) is 3.65. The van der Waals surface area contributed by atoms with Gasteiger partial charge in [0.1, 0.15) is 23.4 Å². The van der Waals surface area contributed by atoms with Gasteiger partial charge in [0.15, 0.2) is 5.65 Å². The maximum Gasteiger partial charge on any atom is 0.154 e. The van der Waals surface area contributed by atoms with Crippen LogP contribution in [0.4, 0.5) is 10.2 Å². The van der Waals surface area contributed by atoms with Crippen molar-refractivity contribution in [3.8, 4) is 11.4 Å². The highest BCUT2D eigenvalue weighted by Crippen LogP contribution is 2.19. The van der Waals surface area contributed by atoms with Crippen LogP contribution >= 0.6 is 0 Å². The molecule has 3 aromatic heterocycles. The molecule has 7 nitrogen and oxygen atoms in total. The van der Waals surface area contributed by atoms with E-state index in [0.717, 1.165) is 11.3 Å². The summed E-state index contributed by atoms with van der Waals surface area (Å²) < 4.78 is 15.4. The van der Waals surface area contributed by atoms with Gasteiger partial charge in [-0.05, 0) is 12.1 Å². The molecule has 0 spiro atoms. The highest BCUT2D eigenvalue weighted by Gasteiger charge is 2.26. The first-order chi connectivity index (χ1) is 10.8. The van der Waals surface area contributed by atoms with Gasteiger partial charge in [0, 0.05) is 19.3 Å². The van der Waals surface area contributed by atoms with Gasteiger partial charge in [0.2, 0.25) is 0 Å². The average molecular weight is 299 g/mol. The molecule has 1 fully saturated rings. The smallest absolute Gasteiger partial charge is 0.154 e. The Morgan fingerprint density at radius 1 is 1.27 bits per heavy atom. The molecule has 2 N–H and O–H groups in total. The maximum absolute atomic E-state index is 13.7. The fraction of sp³-hybridized carbons (Fsp3) is 0.286. The lowest BCUT2D eigenvalue weighted by Crippen LogP contribution is -2.29. The van der Waals surface area contributed by atoms with E-state index in [2.05, 4.69) is 30.7 Å². The minimum absolute atomic E-state index is 0.287. The zero-order chi connectivity index (χ0) is 14.9. The molecule has 0 aromatic carbocycles. The number of fused-ring (bicyclic) bond motifs is 1. The number of hydrogen-bond acceptors (Lipinski definition) is 6. The molecule has 3 aromatic rings. The molecule has 22 heavy (non-hydrogen) atoms. The van der Waals surface area contributed by atoms with Crippen LogP contribution in [0.3, 0.4) is 0 Å². The summed E-state index contributed by atoms with van der Waals surface area (Å²) in [5, 5.41) is 10.3. The van der Waals surface area contributed by atoms with Crippen molar-refractivity contribution in [2.75, 3.05) is 18.4 Å². The van der Waals surface area contributed by atoms with Crippen LogP contribution in [0.5, 0.6) is 0 Å². The van der Waals surface area contributed by atoms with Gasteiger partial charge < -0.3 is 10.6 Å². The third kappa shape index (κ3) is 2.27. The van der Waals surface area contributed by atoms with E-state index in [4.69, 9.17) is 0 Å². The molecule has 0 unspecified atom stereocenters. The van der Waals surface area contributed by atoms with E-state index in [-0.39, 0.29) is 6.04 Å². The van der Waals surface area contributed by atoms with E-state index in [1.165, 1.54) is 0 Å². The summed E-state index contributed by atoms with van der Waals surface area (Å²) in [6, 6.07) is 3.40. The van der Waals surface area contributed by atoms with Gasteiger partial charge in [-0.2, -0.15) is 5.10 Å². The first-order valence-electron chi connectivity index (χ1n) is 7.04. The summed E-state index contributed by atoms with van der Waals surface area (Å²) in [5.41, 5.74) is 2.12. The van der Waals surface area contributed by atoms with Crippen LogP contribution in [-0.4, -0.2) is 49.9 Å². The molecule has 1 aliphatic heterocycles. The largest absolute Gasteiger partial charge is 0.362 e. The Labute approximate surface area is 125 Å². The van der Waals surface area contributed by atoms with Gasteiger partial charge in [-0.25, -0.2) is 18.9 Å². The van der Waals surface area contributed by atoms with Gasteiger partial charge in [0.25, 0.3) is 0 Å². The lowest BCUT2D eigenvalue weighted by Gasteiger charge is -2.14. The van der Waals surface area contributed by atoms with Crippen LogP contribution in [0.25, 0.3) is 17.0 Å². The fourth-order valence-electron chi connectivity index (χ4n) is 2.54. The molecule has 1 aliphatic rings. The van der Waals surface area contributed by atoms with Crippen molar-refractivity contribution >= 4 is 11.5 Å². The van der Waals surface area contributed by atoms with Crippen molar-refractivity contribution in [3.63, 3.8) is 0 Å². The zero-order valence-corrected chi connectivity index (χ0v) is 11.6. The molecule has 0 bridgehead atoms. The molecular formula is C14H14FN7. The fourth-order valence-corrected chi connectivity index (χ4v) is 2.54. The molecular weight excluding hydrogens is 285 g/mol. The summed E-state index contributed by atoms with van der Waals surface area (Å²) in [6.07, 6.45) is 5.69. The standard InChI is InChI=1S/C14H14FN7/c15-9-4-16-5-10(9)20-13-8-17-6-11(21-13)12-7-18-14-2-1-3-19-22(12)14/h1-3,6-10,16H,4-5H2,(H,20,21)/t9-,10-/m1/s1. The van der Waals surface area contributed by atoms with Crippen molar-refractivity contribution < 1.29 is 4.39 Å². The van der Waals surface area contributed by atoms with Crippen molar-refractivity contribution in [3.05, 3.63) is 36.9 Å². The molecule has 1 saturated heterocycles. The Morgan fingerprint density at radius 2 is 2.23 bits per heavy atom. The Balaban J connectivity index is 1.67. The lowest BCUT2D eigenvalue weighted by atomic mass is 10.2. The summed E-state index contributed by atoms with van der Waals surface area (Å²) in [5.74, 6) is 0.541. The quantitative estimate of drug-likeness (QED) is 0.748. The Morgan fingerprint density at radius 3 is 3.09 bits per heavy atom. The van der Waals surface area contributed by atoms with Crippen LogP contribution in [-0.2, 0) is 0 Å². The average Bonchev–Trinajstić information content (AvgIpc) is 3.14. The van der Waals surface area contributed by atoms with Crippen LogP contribution in [0.1, 0.15) is 0 Å². The number of anilines is 1. The summed E-state index contributed by atoms with van der Waals surface area (Å²) in [7, 11) is 0. The highest BCUT2D eigenvalue weighted by molar-refractivity contribution is 5.59. The summed E-state index contributed by atoms with van der Waals surface area (Å²) in [4.78, 5) is 13.0. The molecule has 2 atom stereocenters. The van der Waals surface area contributed by atoms with Crippen molar-refractivity contribution in [2.24, 2.45) is 0 Å². The van der Waals surface area contributed by atoms with E-state index in [1.807, 2.05) is 12.1 Å². The van der Waals surface area contributed by atoms with E-state index in [0.29, 0.717) is 24.6 Å². The van der Waals surface area contributed by atoms with Crippen molar-refractivity contribution in [2.45, 2.75) is 12.2 Å². The summed E-state index contributed by atoms with van der Waals surface area (Å²) >= 11 is 0. The second-order valence-corrected chi connectivity index (χ2v) is 5.15. The second kappa shape index (κ2) is 5.30. The maximum atomic E-state index is 13.7. The topological polar surface area (TPSA) is 80.0 Å². The van der Waals surface area contributed by atoms with Gasteiger partial charge in [-0.3, -0.25) is 4.98 Å². The molecule has 4 heterocycles. The number of aromatic nitrogens is 5. The number of rotatable bonds is 3. The number of imidazole rings is 1. The number of nitrogens with zero attached hydrogens (tertiary/aromatic N) is 5. The third-order valence-electron chi connectivity index (χ3n) is 3.65. The predicted octanol–water partition coefficient (Wildman–Crippen LogP) is 0.908. The Hall–Kier alpha value is -2.61. The SMILES string of the molecule is F[C@@H]1CNC[C@H]1Nc1cncc(-c2cnc3cccnn23)n1. The van der Waals surface area contributed by atoms with E-state index in [9.17, 15) is 4.39 Å². The molecule has 0 radical (unpaired) electrons. The number of alkyl halides is 1. The Kier molecular flexibility index (Phi) is 3.15. The first-order valence-corrected chi connectivity index (χ1v) is 7.04. The molecule has 112 valence electrons. The van der Waals surface area contributed by atoms with Crippen LogP contribution < -0.4 is 10.6 Å². The van der Waals surface area contributed by atoms with Crippen LogP contribution in [0, 0.1) is 0 Å². The molecule has 4 rings (SSSR count). The van der Waals surface area contributed by atoms with Crippen molar-refractivity contribution in [1.29, 1.82) is 0 Å².